The van der Waals surface area contributed by atoms with Crippen molar-refractivity contribution >= 4 is 23.9 Å². The molecule has 0 amide bonds. The van der Waals surface area contributed by atoms with Gasteiger partial charge in [0.05, 0.1) is 5.60 Å². The largest absolute Gasteiger partial charge is 0.462 e. The van der Waals surface area contributed by atoms with Crippen LogP contribution in [0.5, 0.6) is 0 Å². The number of carbonyl (C=O) groups is 4. The van der Waals surface area contributed by atoms with Crippen molar-refractivity contribution in [2.45, 2.75) is 117 Å². The summed E-state index contributed by atoms with van der Waals surface area (Å²) in [7, 11) is 0. The molecule has 208 valence electrons. The summed E-state index contributed by atoms with van der Waals surface area (Å²) >= 11 is 0. The molecule has 9 nitrogen and oxygen atoms in total. The van der Waals surface area contributed by atoms with Crippen LogP contribution in [0.2, 0.25) is 0 Å². The summed E-state index contributed by atoms with van der Waals surface area (Å²) in [4.78, 5) is 49.6. The fourth-order valence-corrected chi connectivity index (χ4v) is 7.97. The molecule has 0 aromatic rings. The van der Waals surface area contributed by atoms with Crippen molar-refractivity contribution in [1.29, 1.82) is 0 Å². The van der Waals surface area contributed by atoms with Gasteiger partial charge in [0.15, 0.2) is 6.10 Å². The first-order chi connectivity index (χ1) is 16.9. The lowest BCUT2D eigenvalue weighted by atomic mass is 9.41. The molecule has 0 spiro atoms. The van der Waals surface area contributed by atoms with Gasteiger partial charge in [0.2, 0.25) is 0 Å². The van der Waals surface area contributed by atoms with E-state index in [1.54, 1.807) is 13.0 Å². The molecule has 0 aromatic heterocycles. The summed E-state index contributed by atoms with van der Waals surface area (Å²) in [6.45, 7) is 19.0. The molecule has 0 bridgehead atoms. The molecular formula is C28H42O9. The Balaban J connectivity index is 2.39. The van der Waals surface area contributed by atoms with Gasteiger partial charge in [-0.15, -0.1) is 6.58 Å². The number of hydrogen-bond donors (Lipinski definition) is 0. The molecule has 9 unspecified atom stereocenters. The highest BCUT2D eigenvalue weighted by molar-refractivity contribution is 5.68. The first-order valence-corrected chi connectivity index (χ1v) is 12.9. The van der Waals surface area contributed by atoms with Gasteiger partial charge < -0.3 is 23.7 Å². The summed E-state index contributed by atoms with van der Waals surface area (Å²) in [6.07, 6.45) is -0.0358. The minimum Gasteiger partial charge on any atom is -0.462 e. The maximum atomic E-state index is 12.5. The van der Waals surface area contributed by atoms with Crippen LogP contribution in [0.4, 0.5) is 0 Å². The molecule has 0 aromatic carbocycles. The van der Waals surface area contributed by atoms with Gasteiger partial charge in [-0.1, -0.05) is 26.8 Å². The predicted molar refractivity (Wildman–Crippen MR) is 133 cm³/mol. The van der Waals surface area contributed by atoms with Crippen LogP contribution >= 0.6 is 0 Å². The highest BCUT2D eigenvalue weighted by Gasteiger charge is 2.76. The third-order valence-electron chi connectivity index (χ3n) is 8.82. The van der Waals surface area contributed by atoms with Crippen molar-refractivity contribution in [1.82, 2.24) is 0 Å². The van der Waals surface area contributed by atoms with Gasteiger partial charge >= 0.3 is 23.9 Å². The maximum absolute atomic E-state index is 12.5. The molecule has 37 heavy (non-hydrogen) atoms. The molecule has 1 aliphatic heterocycles. The number of esters is 4. The normalized spacial score (nSPS) is 42.3. The van der Waals surface area contributed by atoms with Gasteiger partial charge in [-0.05, 0) is 32.1 Å². The summed E-state index contributed by atoms with van der Waals surface area (Å²) < 4.78 is 30.6. The van der Waals surface area contributed by atoms with Gasteiger partial charge in [0.1, 0.15) is 23.9 Å². The average molecular weight is 523 g/mol. The topological polar surface area (TPSA) is 114 Å². The Morgan fingerprint density at radius 3 is 1.84 bits per heavy atom. The Hall–Kier alpha value is -2.42. The third kappa shape index (κ3) is 5.03. The molecule has 9 heteroatoms. The monoisotopic (exact) mass is 522 g/mol. The van der Waals surface area contributed by atoms with Crippen LogP contribution in [-0.4, -0.2) is 59.5 Å². The fourth-order valence-electron chi connectivity index (χ4n) is 7.97. The first kappa shape index (κ1) is 29.1. The number of carbonyl (C=O) groups excluding carboxylic acids is 4. The number of hydrogen-bond acceptors (Lipinski definition) is 9. The molecule has 0 radical (unpaired) electrons. The average Bonchev–Trinajstić information content (AvgIpc) is 2.71. The zero-order chi connectivity index (χ0) is 28.1. The number of fused-ring (bicyclic) bond motifs is 3. The molecule has 3 fully saturated rings. The third-order valence-corrected chi connectivity index (χ3v) is 8.82. The van der Waals surface area contributed by atoms with E-state index < -0.39 is 82.2 Å². The van der Waals surface area contributed by atoms with E-state index in [0.717, 1.165) is 0 Å². The highest BCUT2D eigenvalue weighted by Crippen LogP contribution is 2.67. The zero-order valence-electron chi connectivity index (χ0n) is 23.5. The van der Waals surface area contributed by atoms with Gasteiger partial charge in [-0.2, -0.15) is 0 Å². The van der Waals surface area contributed by atoms with Crippen LogP contribution in [0.3, 0.4) is 0 Å². The molecule has 2 aliphatic carbocycles. The van der Waals surface area contributed by atoms with E-state index in [9.17, 15) is 19.2 Å². The summed E-state index contributed by atoms with van der Waals surface area (Å²) in [5.74, 6) is -3.01. The molecule has 3 rings (SSSR count). The summed E-state index contributed by atoms with van der Waals surface area (Å²) in [6, 6.07) is 0. The Morgan fingerprint density at radius 2 is 1.35 bits per heavy atom. The fraction of sp³-hybridized carbons (Fsp3) is 0.786. The van der Waals surface area contributed by atoms with Crippen LogP contribution < -0.4 is 0 Å². The zero-order valence-corrected chi connectivity index (χ0v) is 23.5. The highest BCUT2D eigenvalue weighted by atomic mass is 16.6. The second kappa shape index (κ2) is 9.71. The summed E-state index contributed by atoms with van der Waals surface area (Å²) in [5.41, 5.74) is -3.56. The van der Waals surface area contributed by atoms with Crippen molar-refractivity contribution in [3.05, 3.63) is 12.7 Å². The van der Waals surface area contributed by atoms with Crippen molar-refractivity contribution in [3.63, 3.8) is 0 Å². The second-order valence-corrected chi connectivity index (χ2v) is 12.2. The first-order valence-electron chi connectivity index (χ1n) is 12.9. The maximum Gasteiger partial charge on any atom is 0.303 e. The molecule has 3 aliphatic rings. The molecular weight excluding hydrogens is 480 g/mol. The lowest BCUT2D eigenvalue weighted by Gasteiger charge is -2.70. The van der Waals surface area contributed by atoms with Gasteiger partial charge in [0, 0.05) is 51.4 Å². The molecule has 0 N–H and O–H groups in total. The van der Waals surface area contributed by atoms with E-state index in [-0.39, 0.29) is 0 Å². The molecule has 1 heterocycles. The summed E-state index contributed by atoms with van der Waals surface area (Å²) in [5, 5.41) is 0. The standard InChI is InChI=1S/C28H42O9/c1-11-26(8)14-19(33-15(2)29)22-27(9)20(34-16(3)30)12-13-25(6,7)23(27)21(35-17(4)31)24(36-18(5)32)28(22,10)37-26/h11,19-24H,1,12-14H2,2-10H3. The number of rotatable bonds is 5. The minimum absolute atomic E-state index is 0.302. The second-order valence-electron chi connectivity index (χ2n) is 12.2. The Morgan fingerprint density at radius 1 is 0.811 bits per heavy atom. The SMILES string of the molecule is C=CC1(C)CC(OC(C)=O)C2C(C)(O1)C(OC(C)=O)C(OC(C)=O)C1C(C)(C)CCC(OC(C)=O)C12C. The minimum atomic E-state index is -1.30. The predicted octanol–water partition coefficient (Wildman–Crippen LogP) is 3.91. The van der Waals surface area contributed by atoms with E-state index in [1.807, 2.05) is 13.8 Å². The van der Waals surface area contributed by atoms with Crippen molar-refractivity contribution in [2.24, 2.45) is 22.7 Å². The van der Waals surface area contributed by atoms with Gasteiger partial charge in [-0.3, -0.25) is 19.2 Å². The Kier molecular flexibility index (Phi) is 7.65. The Labute approximate surface area is 219 Å². The molecule has 2 saturated carbocycles. The van der Waals surface area contributed by atoms with E-state index in [2.05, 4.69) is 20.4 Å². The molecule has 1 saturated heterocycles. The lowest BCUT2D eigenvalue weighted by molar-refractivity contribution is -0.354. The van der Waals surface area contributed by atoms with E-state index >= 15 is 0 Å². The van der Waals surface area contributed by atoms with E-state index in [0.29, 0.717) is 19.3 Å². The van der Waals surface area contributed by atoms with E-state index in [4.69, 9.17) is 23.7 Å². The van der Waals surface area contributed by atoms with Crippen molar-refractivity contribution < 1.29 is 42.9 Å². The Bertz CT molecular complexity index is 973. The van der Waals surface area contributed by atoms with Gasteiger partial charge in [0.25, 0.3) is 0 Å². The van der Waals surface area contributed by atoms with Crippen LogP contribution in [0.1, 0.15) is 81.6 Å². The quantitative estimate of drug-likeness (QED) is 0.301. The van der Waals surface area contributed by atoms with Crippen molar-refractivity contribution in [2.75, 3.05) is 0 Å². The van der Waals surface area contributed by atoms with Crippen LogP contribution in [0.25, 0.3) is 0 Å². The smallest absolute Gasteiger partial charge is 0.303 e. The van der Waals surface area contributed by atoms with Crippen LogP contribution in [0, 0.1) is 22.7 Å². The number of ether oxygens (including phenoxy) is 5. The van der Waals surface area contributed by atoms with Crippen LogP contribution in [0.15, 0.2) is 12.7 Å². The van der Waals surface area contributed by atoms with Gasteiger partial charge in [-0.25, -0.2) is 0 Å². The van der Waals surface area contributed by atoms with Crippen LogP contribution in [-0.2, 0) is 42.9 Å². The molecule has 9 atom stereocenters. The van der Waals surface area contributed by atoms with Crippen molar-refractivity contribution in [3.8, 4) is 0 Å². The lowest BCUT2D eigenvalue weighted by Crippen LogP contribution is -2.79. The van der Waals surface area contributed by atoms with E-state index in [1.165, 1.54) is 27.7 Å².